The highest BCUT2D eigenvalue weighted by Gasteiger charge is 1.96. The molecule has 0 aromatic heterocycles. The summed E-state index contributed by atoms with van der Waals surface area (Å²) in [6.07, 6.45) is 0.191. The maximum absolute atomic E-state index is 5.19. The number of aliphatic imine (C=N–C) groups is 1. The molecule has 0 bridgehead atoms. The fourth-order valence-electron chi connectivity index (χ4n) is 0.447. The Kier molecular flexibility index (Phi) is 3.84. The van der Waals surface area contributed by atoms with Crippen molar-refractivity contribution in [2.45, 2.75) is 20.0 Å². The molecule has 0 saturated carbocycles. The number of ether oxygens (including phenoxy) is 1. The van der Waals surface area contributed by atoms with E-state index in [1.54, 1.807) is 14.1 Å². The number of amidine groups is 1. The number of hydrogen-bond donors (Lipinski definition) is 1. The zero-order valence-electron chi connectivity index (χ0n) is 6.43. The van der Waals surface area contributed by atoms with Crippen molar-refractivity contribution < 1.29 is 4.74 Å². The fourth-order valence-corrected chi connectivity index (χ4v) is 0.447. The van der Waals surface area contributed by atoms with E-state index in [9.17, 15) is 0 Å². The van der Waals surface area contributed by atoms with Gasteiger partial charge >= 0.3 is 0 Å². The summed E-state index contributed by atoms with van der Waals surface area (Å²) in [7, 11) is 3.47. The molecule has 0 aliphatic heterocycles. The van der Waals surface area contributed by atoms with Gasteiger partial charge in [0.05, 0.1) is 6.10 Å². The Morgan fingerprint density at radius 2 is 2.11 bits per heavy atom. The van der Waals surface area contributed by atoms with Gasteiger partial charge in [-0.05, 0) is 13.8 Å². The Labute approximate surface area is 56.1 Å². The SMILES string of the molecule is C/N=C(/NC)OC(C)C. The van der Waals surface area contributed by atoms with Crippen LogP contribution < -0.4 is 5.32 Å². The van der Waals surface area contributed by atoms with Crippen molar-refractivity contribution in [2.75, 3.05) is 14.1 Å². The van der Waals surface area contributed by atoms with Crippen LogP contribution in [-0.2, 0) is 4.74 Å². The van der Waals surface area contributed by atoms with E-state index in [1.807, 2.05) is 13.8 Å². The highest BCUT2D eigenvalue weighted by molar-refractivity contribution is 5.73. The van der Waals surface area contributed by atoms with Crippen LogP contribution in [0.3, 0.4) is 0 Å². The molecule has 0 aliphatic carbocycles. The molecule has 1 N–H and O–H groups in total. The van der Waals surface area contributed by atoms with Crippen molar-refractivity contribution >= 4 is 6.02 Å². The maximum atomic E-state index is 5.19. The van der Waals surface area contributed by atoms with E-state index in [4.69, 9.17) is 4.74 Å². The van der Waals surface area contributed by atoms with Crippen LogP contribution >= 0.6 is 0 Å². The van der Waals surface area contributed by atoms with Crippen LogP contribution in [0.25, 0.3) is 0 Å². The minimum atomic E-state index is 0.191. The van der Waals surface area contributed by atoms with Crippen LogP contribution in [0.1, 0.15) is 13.8 Å². The lowest BCUT2D eigenvalue weighted by molar-refractivity contribution is 0.218. The molecule has 0 rings (SSSR count). The van der Waals surface area contributed by atoms with Crippen molar-refractivity contribution in [1.82, 2.24) is 5.32 Å². The summed E-state index contributed by atoms with van der Waals surface area (Å²) in [4.78, 5) is 3.83. The molecule has 0 atom stereocenters. The van der Waals surface area contributed by atoms with Gasteiger partial charge in [0.25, 0.3) is 6.02 Å². The third-order valence-electron chi connectivity index (χ3n) is 0.764. The Morgan fingerprint density at radius 3 is 2.22 bits per heavy atom. The molecule has 9 heavy (non-hydrogen) atoms. The first-order valence-electron chi connectivity index (χ1n) is 3.02. The second kappa shape index (κ2) is 4.18. The number of hydrogen-bond acceptors (Lipinski definition) is 2. The first-order valence-corrected chi connectivity index (χ1v) is 3.02. The summed E-state index contributed by atoms with van der Waals surface area (Å²) in [6.45, 7) is 3.92. The highest BCUT2D eigenvalue weighted by atomic mass is 16.5. The molecule has 0 aromatic carbocycles. The molecule has 0 aromatic rings. The zero-order valence-corrected chi connectivity index (χ0v) is 6.43. The van der Waals surface area contributed by atoms with Gasteiger partial charge in [-0.15, -0.1) is 0 Å². The summed E-state index contributed by atoms with van der Waals surface area (Å²) < 4.78 is 5.19. The van der Waals surface area contributed by atoms with Gasteiger partial charge in [-0.25, -0.2) is 4.99 Å². The smallest absolute Gasteiger partial charge is 0.284 e. The second-order valence-electron chi connectivity index (χ2n) is 1.95. The standard InChI is InChI=1S/C6H14N2O/c1-5(2)9-6(7-3)8-4/h5H,1-4H3,(H,7,8). The minimum Gasteiger partial charge on any atom is -0.463 e. The lowest BCUT2D eigenvalue weighted by Gasteiger charge is -2.09. The largest absolute Gasteiger partial charge is 0.463 e. The van der Waals surface area contributed by atoms with Crippen LogP contribution in [0, 0.1) is 0 Å². The Morgan fingerprint density at radius 1 is 1.56 bits per heavy atom. The lowest BCUT2D eigenvalue weighted by Crippen LogP contribution is -2.24. The Balaban J connectivity index is 3.58. The van der Waals surface area contributed by atoms with Gasteiger partial charge in [-0.2, -0.15) is 0 Å². The molecular formula is C6H14N2O. The molecule has 54 valence electrons. The monoisotopic (exact) mass is 130 g/mol. The second-order valence-corrected chi connectivity index (χ2v) is 1.95. The normalized spacial score (nSPS) is 11.9. The van der Waals surface area contributed by atoms with Crippen LogP contribution in [0.15, 0.2) is 4.99 Å². The van der Waals surface area contributed by atoms with Crippen molar-refractivity contribution in [3.8, 4) is 0 Å². The van der Waals surface area contributed by atoms with Gasteiger partial charge in [0.15, 0.2) is 0 Å². The molecule has 0 fully saturated rings. The molecule has 0 spiro atoms. The lowest BCUT2D eigenvalue weighted by atomic mass is 10.5. The van der Waals surface area contributed by atoms with E-state index in [0.29, 0.717) is 6.02 Å². The molecule has 0 saturated heterocycles. The van der Waals surface area contributed by atoms with Gasteiger partial charge in [0, 0.05) is 14.1 Å². The van der Waals surface area contributed by atoms with Crippen LogP contribution in [0.5, 0.6) is 0 Å². The van der Waals surface area contributed by atoms with Gasteiger partial charge in [-0.3, -0.25) is 0 Å². The molecule has 3 heteroatoms. The quantitative estimate of drug-likeness (QED) is 0.417. The van der Waals surface area contributed by atoms with Gasteiger partial charge in [0.2, 0.25) is 0 Å². The molecule has 0 aliphatic rings. The van der Waals surface area contributed by atoms with E-state index in [2.05, 4.69) is 10.3 Å². The topological polar surface area (TPSA) is 33.6 Å². The van der Waals surface area contributed by atoms with E-state index in [1.165, 1.54) is 0 Å². The Bertz CT molecular complexity index is 99.2. The summed E-state index contributed by atoms with van der Waals surface area (Å²) in [5.74, 6) is 0. The molecule has 0 radical (unpaired) electrons. The summed E-state index contributed by atoms with van der Waals surface area (Å²) >= 11 is 0. The third-order valence-corrected chi connectivity index (χ3v) is 0.764. The predicted octanol–water partition coefficient (Wildman–Crippen LogP) is 0.617. The van der Waals surface area contributed by atoms with Crippen LogP contribution in [0.4, 0.5) is 0 Å². The maximum Gasteiger partial charge on any atom is 0.284 e. The number of rotatable bonds is 1. The van der Waals surface area contributed by atoms with E-state index in [0.717, 1.165) is 0 Å². The predicted molar refractivity (Wildman–Crippen MR) is 38.6 cm³/mol. The molecule has 3 nitrogen and oxygen atoms in total. The highest BCUT2D eigenvalue weighted by Crippen LogP contribution is 1.86. The average molecular weight is 130 g/mol. The van der Waals surface area contributed by atoms with Gasteiger partial charge in [0.1, 0.15) is 0 Å². The first-order chi connectivity index (χ1) is 4.20. The summed E-state index contributed by atoms with van der Waals surface area (Å²) in [5, 5.41) is 2.81. The van der Waals surface area contributed by atoms with Gasteiger partial charge < -0.3 is 10.1 Å². The van der Waals surface area contributed by atoms with Crippen LogP contribution in [0.2, 0.25) is 0 Å². The van der Waals surface area contributed by atoms with Crippen LogP contribution in [-0.4, -0.2) is 26.2 Å². The third kappa shape index (κ3) is 3.82. The van der Waals surface area contributed by atoms with Crippen molar-refractivity contribution in [3.05, 3.63) is 0 Å². The zero-order chi connectivity index (χ0) is 7.28. The summed E-state index contributed by atoms with van der Waals surface area (Å²) in [5.41, 5.74) is 0. The number of nitrogens with zero attached hydrogens (tertiary/aromatic N) is 1. The molecule has 0 amide bonds. The Hall–Kier alpha value is -0.730. The molecular weight excluding hydrogens is 116 g/mol. The van der Waals surface area contributed by atoms with Crippen molar-refractivity contribution in [3.63, 3.8) is 0 Å². The fraction of sp³-hybridized carbons (Fsp3) is 0.833. The average Bonchev–Trinajstić information content (AvgIpc) is 1.82. The van der Waals surface area contributed by atoms with E-state index in [-0.39, 0.29) is 6.10 Å². The van der Waals surface area contributed by atoms with Gasteiger partial charge in [-0.1, -0.05) is 0 Å². The minimum absolute atomic E-state index is 0.191. The van der Waals surface area contributed by atoms with Crippen molar-refractivity contribution in [2.24, 2.45) is 4.99 Å². The van der Waals surface area contributed by atoms with E-state index < -0.39 is 0 Å². The molecule has 0 unspecified atom stereocenters. The first kappa shape index (κ1) is 8.27. The van der Waals surface area contributed by atoms with Crippen molar-refractivity contribution in [1.29, 1.82) is 0 Å². The molecule has 0 heterocycles. The number of nitrogens with one attached hydrogen (secondary N) is 1. The summed E-state index contributed by atoms with van der Waals surface area (Å²) in [6, 6.07) is 0.588. The van der Waals surface area contributed by atoms with E-state index >= 15 is 0 Å².